The molecule has 0 radical (unpaired) electrons. The quantitative estimate of drug-likeness (QED) is 0.0343. The minimum absolute atomic E-state index is 0.0607. The van der Waals surface area contributed by atoms with Gasteiger partial charge < -0.3 is 14.2 Å². The van der Waals surface area contributed by atoms with Gasteiger partial charge in [-0.05, 0) is 19.3 Å². The van der Waals surface area contributed by atoms with Crippen LogP contribution in [0.15, 0.2) is 0 Å². The Bertz CT molecular complexity index is 1110. The lowest BCUT2D eigenvalue weighted by Crippen LogP contribution is -2.30. The Labute approximate surface area is 463 Å². The predicted octanol–water partition coefficient (Wildman–Crippen LogP) is 23.1. The second-order valence-corrected chi connectivity index (χ2v) is 23.5. The van der Waals surface area contributed by atoms with E-state index < -0.39 is 6.10 Å². The average Bonchev–Trinajstić information content (AvgIpc) is 3.40. The zero-order valence-electron chi connectivity index (χ0n) is 50.7. The highest BCUT2D eigenvalue weighted by Gasteiger charge is 2.19. The second-order valence-electron chi connectivity index (χ2n) is 23.5. The lowest BCUT2D eigenvalue weighted by molar-refractivity contribution is -0.167. The van der Waals surface area contributed by atoms with Crippen molar-refractivity contribution in [2.75, 3.05) is 13.2 Å². The molecule has 6 heteroatoms. The van der Waals surface area contributed by atoms with Crippen molar-refractivity contribution in [2.45, 2.75) is 406 Å². The maximum absolute atomic E-state index is 12.9. The Balaban J connectivity index is 4.05. The highest BCUT2D eigenvalue weighted by atomic mass is 16.6. The largest absolute Gasteiger partial charge is 0.462 e. The van der Waals surface area contributed by atoms with E-state index in [0.717, 1.165) is 57.8 Å². The number of hydrogen-bond donors (Lipinski definition) is 0. The number of esters is 3. The van der Waals surface area contributed by atoms with Crippen molar-refractivity contribution < 1.29 is 28.6 Å². The van der Waals surface area contributed by atoms with E-state index in [2.05, 4.69) is 20.8 Å². The Morgan fingerprint density at radius 1 is 0.216 bits per heavy atom. The highest BCUT2D eigenvalue weighted by molar-refractivity contribution is 5.71. The summed E-state index contributed by atoms with van der Waals surface area (Å²) in [5, 5.41) is 0. The third kappa shape index (κ3) is 61.3. The molecule has 0 aromatic heterocycles. The first-order chi connectivity index (χ1) is 36.5. The smallest absolute Gasteiger partial charge is 0.306 e. The van der Waals surface area contributed by atoms with Gasteiger partial charge >= 0.3 is 17.9 Å². The highest BCUT2D eigenvalue weighted by Crippen LogP contribution is 2.19. The summed E-state index contributed by atoms with van der Waals surface area (Å²) in [5.41, 5.74) is 0. The number of carbonyl (C=O) groups excluding carboxylic acids is 3. The van der Waals surface area contributed by atoms with Crippen LogP contribution in [0.5, 0.6) is 0 Å². The van der Waals surface area contributed by atoms with Crippen LogP contribution in [0.4, 0.5) is 0 Å². The van der Waals surface area contributed by atoms with Gasteiger partial charge in [-0.25, -0.2) is 0 Å². The molecule has 0 aliphatic rings. The fourth-order valence-electron chi connectivity index (χ4n) is 10.7. The Morgan fingerprint density at radius 2 is 0.365 bits per heavy atom. The summed E-state index contributed by atoms with van der Waals surface area (Å²) in [6, 6.07) is 0. The monoisotopic (exact) mass is 1050 g/mol. The summed E-state index contributed by atoms with van der Waals surface area (Å²) in [5.74, 6) is -0.827. The fourth-order valence-corrected chi connectivity index (χ4v) is 10.7. The molecule has 74 heavy (non-hydrogen) atoms. The van der Waals surface area contributed by atoms with Crippen LogP contribution in [-0.2, 0) is 28.6 Å². The summed E-state index contributed by atoms with van der Waals surface area (Å²) in [4.78, 5) is 38.2. The first-order valence-corrected chi connectivity index (χ1v) is 34.0. The predicted molar refractivity (Wildman–Crippen MR) is 321 cm³/mol. The molecular weight excluding hydrogens is 913 g/mol. The topological polar surface area (TPSA) is 78.9 Å². The van der Waals surface area contributed by atoms with Gasteiger partial charge in [-0.3, -0.25) is 14.4 Å². The molecule has 0 amide bonds. The van der Waals surface area contributed by atoms with E-state index in [1.807, 2.05) is 0 Å². The number of rotatable bonds is 64. The van der Waals surface area contributed by atoms with Gasteiger partial charge in [0, 0.05) is 19.3 Å². The van der Waals surface area contributed by atoms with Gasteiger partial charge in [-0.2, -0.15) is 0 Å². The molecule has 6 nitrogen and oxygen atoms in total. The van der Waals surface area contributed by atoms with Crippen molar-refractivity contribution >= 4 is 17.9 Å². The van der Waals surface area contributed by atoms with Gasteiger partial charge in [0.15, 0.2) is 6.10 Å². The van der Waals surface area contributed by atoms with Crippen LogP contribution in [0.25, 0.3) is 0 Å². The summed E-state index contributed by atoms with van der Waals surface area (Å²) >= 11 is 0. The van der Waals surface area contributed by atoms with Crippen molar-refractivity contribution in [3.8, 4) is 0 Å². The molecule has 0 spiro atoms. The number of carbonyl (C=O) groups is 3. The van der Waals surface area contributed by atoms with Crippen molar-refractivity contribution in [3.63, 3.8) is 0 Å². The summed E-state index contributed by atoms with van der Waals surface area (Å²) < 4.78 is 16.9. The van der Waals surface area contributed by atoms with Gasteiger partial charge in [0.05, 0.1) is 0 Å². The summed E-state index contributed by atoms with van der Waals surface area (Å²) in [7, 11) is 0. The van der Waals surface area contributed by atoms with Crippen molar-refractivity contribution in [3.05, 3.63) is 0 Å². The summed E-state index contributed by atoms with van der Waals surface area (Å²) in [6.45, 7) is 6.72. The molecule has 0 aromatic carbocycles. The van der Waals surface area contributed by atoms with Crippen LogP contribution < -0.4 is 0 Å². The molecule has 0 saturated heterocycles. The molecule has 0 saturated carbocycles. The molecule has 0 rings (SSSR count). The molecule has 0 aliphatic carbocycles. The Morgan fingerprint density at radius 3 is 0.541 bits per heavy atom. The van der Waals surface area contributed by atoms with Crippen LogP contribution in [-0.4, -0.2) is 37.2 Å². The van der Waals surface area contributed by atoms with Crippen molar-refractivity contribution in [2.24, 2.45) is 0 Å². The van der Waals surface area contributed by atoms with Crippen LogP contribution in [0.1, 0.15) is 400 Å². The van der Waals surface area contributed by atoms with E-state index in [1.54, 1.807) is 0 Å². The van der Waals surface area contributed by atoms with Crippen molar-refractivity contribution in [1.29, 1.82) is 0 Å². The number of hydrogen-bond acceptors (Lipinski definition) is 6. The third-order valence-corrected chi connectivity index (χ3v) is 15.9. The zero-order chi connectivity index (χ0) is 53.6. The van der Waals surface area contributed by atoms with Gasteiger partial charge in [0.1, 0.15) is 13.2 Å². The van der Waals surface area contributed by atoms with Gasteiger partial charge in [-0.15, -0.1) is 0 Å². The third-order valence-electron chi connectivity index (χ3n) is 15.9. The average molecular weight is 1050 g/mol. The normalized spacial score (nSPS) is 11.9. The van der Waals surface area contributed by atoms with E-state index in [-0.39, 0.29) is 31.1 Å². The Kier molecular flexibility index (Phi) is 62.6. The minimum atomic E-state index is -0.762. The zero-order valence-corrected chi connectivity index (χ0v) is 50.7. The molecule has 1 unspecified atom stereocenters. The number of unbranched alkanes of at least 4 members (excludes halogenated alkanes) is 53. The molecular formula is C68H132O6. The first-order valence-electron chi connectivity index (χ1n) is 34.0. The Hall–Kier alpha value is -1.59. The maximum atomic E-state index is 12.9. The van der Waals surface area contributed by atoms with Crippen LogP contribution >= 0.6 is 0 Å². The van der Waals surface area contributed by atoms with Gasteiger partial charge in [-0.1, -0.05) is 361 Å². The molecule has 0 aromatic rings. The van der Waals surface area contributed by atoms with E-state index in [4.69, 9.17) is 14.2 Å². The second kappa shape index (κ2) is 63.9. The van der Waals surface area contributed by atoms with Crippen LogP contribution in [0.3, 0.4) is 0 Å². The molecule has 0 fully saturated rings. The molecule has 0 N–H and O–H groups in total. The first kappa shape index (κ1) is 72.4. The van der Waals surface area contributed by atoms with Gasteiger partial charge in [0.25, 0.3) is 0 Å². The molecule has 440 valence electrons. The lowest BCUT2D eigenvalue weighted by atomic mass is 10.0. The molecule has 0 bridgehead atoms. The maximum Gasteiger partial charge on any atom is 0.306 e. The van der Waals surface area contributed by atoms with E-state index in [1.165, 1.54) is 302 Å². The van der Waals surface area contributed by atoms with Gasteiger partial charge in [0.2, 0.25) is 0 Å². The lowest BCUT2D eigenvalue weighted by Gasteiger charge is -2.18. The molecule has 0 aliphatic heterocycles. The molecule has 1 atom stereocenters. The van der Waals surface area contributed by atoms with Crippen molar-refractivity contribution in [1.82, 2.24) is 0 Å². The summed E-state index contributed by atoms with van der Waals surface area (Å²) in [6.07, 6.45) is 74.3. The van der Waals surface area contributed by atoms with E-state index >= 15 is 0 Å². The fraction of sp³-hybridized carbons (Fsp3) is 0.956. The minimum Gasteiger partial charge on any atom is -0.462 e. The van der Waals surface area contributed by atoms with Crippen LogP contribution in [0.2, 0.25) is 0 Å². The van der Waals surface area contributed by atoms with E-state index in [0.29, 0.717) is 19.3 Å². The number of ether oxygens (including phenoxy) is 3. The standard InChI is InChI=1S/C68H132O6/c1-4-7-10-13-16-19-22-25-26-27-28-29-30-31-32-33-34-35-36-37-38-39-40-41-44-46-49-52-55-58-61-67(70)73-64-65(74-68(71)62-59-56-53-50-47-43-24-21-18-15-12-9-6-3)63-72-66(69)60-57-54-51-48-45-42-23-20-17-14-11-8-5-2/h65H,4-64H2,1-3H3. The van der Waals surface area contributed by atoms with E-state index in [9.17, 15) is 14.4 Å². The molecule has 0 heterocycles. The van der Waals surface area contributed by atoms with Crippen LogP contribution in [0, 0.1) is 0 Å². The SMILES string of the molecule is CCCCCCCCCCCCCCCCCCCCCCCCCCCCCCCCC(=O)OCC(COC(=O)CCCCCCCCCCCCCCC)OC(=O)CCCCCCCCCCCCCCC.